The van der Waals surface area contributed by atoms with Gasteiger partial charge in [0.1, 0.15) is 0 Å². The fourth-order valence-electron chi connectivity index (χ4n) is 2.45. The Labute approximate surface area is 74.0 Å². The van der Waals surface area contributed by atoms with Crippen LogP contribution in [0.3, 0.4) is 0 Å². The van der Waals surface area contributed by atoms with Gasteiger partial charge in [0, 0.05) is 0 Å². The molecule has 1 aliphatic rings. The Kier molecular flexibility index (Phi) is 2.76. The third kappa shape index (κ3) is 1.35. The predicted octanol–water partition coefficient (Wildman–Crippen LogP) is 2.68. The van der Waals surface area contributed by atoms with Crippen molar-refractivity contribution in [3.63, 3.8) is 0 Å². The summed E-state index contributed by atoms with van der Waals surface area (Å²) in [6, 6.07) is 0. The number of carboxylic acid groups (broad SMARTS) is 1. The topological polar surface area (TPSA) is 37.3 Å². The van der Waals surface area contributed by atoms with Crippen LogP contribution in [-0.2, 0) is 4.79 Å². The Morgan fingerprint density at radius 1 is 1.50 bits per heavy atom. The van der Waals surface area contributed by atoms with Crippen LogP contribution in [0.2, 0.25) is 0 Å². The first-order valence-corrected chi connectivity index (χ1v) is 4.89. The minimum absolute atomic E-state index is 0.101. The van der Waals surface area contributed by atoms with Crippen molar-refractivity contribution in [2.45, 2.75) is 46.0 Å². The highest BCUT2D eigenvalue weighted by atomic mass is 16.4. The van der Waals surface area contributed by atoms with Crippen LogP contribution in [0, 0.1) is 11.3 Å². The summed E-state index contributed by atoms with van der Waals surface area (Å²) in [6.45, 7) is 4.10. The molecule has 0 heterocycles. The molecule has 0 radical (unpaired) electrons. The van der Waals surface area contributed by atoms with Gasteiger partial charge in [-0.15, -0.1) is 0 Å². The molecule has 1 atom stereocenters. The third-order valence-corrected chi connectivity index (χ3v) is 3.50. The molecule has 70 valence electrons. The second-order valence-electron chi connectivity index (χ2n) is 3.87. The highest BCUT2D eigenvalue weighted by Gasteiger charge is 2.44. The molecule has 0 aromatic rings. The van der Waals surface area contributed by atoms with Gasteiger partial charge in [0.2, 0.25) is 0 Å². The lowest BCUT2D eigenvalue weighted by Gasteiger charge is -2.45. The van der Waals surface area contributed by atoms with Crippen LogP contribution in [0.1, 0.15) is 46.0 Å². The van der Waals surface area contributed by atoms with E-state index in [0.717, 1.165) is 25.7 Å². The maximum absolute atomic E-state index is 10.9. The Morgan fingerprint density at radius 2 is 2.08 bits per heavy atom. The number of hydrogen-bond acceptors (Lipinski definition) is 1. The second kappa shape index (κ2) is 3.46. The molecule has 0 aliphatic heterocycles. The molecule has 1 unspecified atom stereocenters. The quantitative estimate of drug-likeness (QED) is 0.704. The number of hydrogen-bond donors (Lipinski definition) is 1. The average Bonchev–Trinajstić information content (AvgIpc) is 1.95. The molecule has 2 heteroatoms. The third-order valence-electron chi connectivity index (χ3n) is 3.50. The van der Waals surface area contributed by atoms with Crippen LogP contribution < -0.4 is 0 Å². The van der Waals surface area contributed by atoms with Gasteiger partial charge in [0.15, 0.2) is 0 Å². The molecule has 1 rings (SSSR count). The van der Waals surface area contributed by atoms with Crippen molar-refractivity contribution >= 4 is 5.97 Å². The van der Waals surface area contributed by atoms with E-state index in [1.54, 1.807) is 0 Å². The summed E-state index contributed by atoms with van der Waals surface area (Å²) in [5.74, 6) is -0.699. The molecular formula is C10H18O2. The van der Waals surface area contributed by atoms with Crippen molar-refractivity contribution in [3.8, 4) is 0 Å². The summed E-state index contributed by atoms with van der Waals surface area (Å²) in [4.78, 5) is 10.9. The average molecular weight is 170 g/mol. The fourth-order valence-corrected chi connectivity index (χ4v) is 2.45. The number of carbonyl (C=O) groups is 1. The number of aliphatic carboxylic acids is 1. The van der Waals surface area contributed by atoms with Crippen LogP contribution in [-0.4, -0.2) is 11.1 Å². The minimum atomic E-state index is -0.598. The Hall–Kier alpha value is -0.530. The minimum Gasteiger partial charge on any atom is -0.481 e. The van der Waals surface area contributed by atoms with Crippen molar-refractivity contribution in [1.29, 1.82) is 0 Å². The van der Waals surface area contributed by atoms with E-state index < -0.39 is 5.97 Å². The number of rotatable bonds is 4. The van der Waals surface area contributed by atoms with Crippen LogP contribution in [0.15, 0.2) is 0 Å². The molecule has 0 saturated heterocycles. The van der Waals surface area contributed by atoms with Gasteiger partial charge in [-0.1, -0.05) is 20.3 Å². The smallest absolute Gasteiger partial charge is 0.307 e. The molecular weight excluding hydrogens is 152 g/mol. The van der Waals surface area contributed by atoms with Gasteiger partial charge in [-0.2, -0.15) is 0 Å². The van der Waals surface area contributed by atoms with E-state index in [1.165, 1.54) is 6.42 Å². The normalized spacial score (nSPS) is 22.8. The van der Waals surface area contributed by atoms with Crippen molar-refractivity contribution in [2.24, 2.45) is 11.3 Å². The van der Waals surface area contributed by atoms with E-state index in [0.29, 0.717) is 0 Å². The van der Waals surface area contributed by atoms with Crippen LogP contribution in [0.25, 0.3) is 0 Å². The van der Waals surface area contributed by atoms with Gasteiger partial charge in [-0.05, 0) is 31.1 Å². The van der Waals surface area contributed by atoms with E-state index in [-0.39, 0.29) is 11.3 Å². The van der Waals surface area contributed by atoms with E-state index in [9.17, 15) is 4.79 Å². The summed E-state index contributed by atoms with van der Waals surface area (Å²) in [5.41, 5.74) is 0.153. The zero-order chi connectivity index (χ0) is 9.19. The Bertz CT molecular complexity index is 165. The van der Waals surface area contributed by atoms with E-state index in [1.807, 2.05) is 6.92 Å². The maximum atomic E-state index is 10.9. The first-order valence-electron chi connectivity index (χ1n) is 4.89. The van der Waals surface area contributed by atoms with Gasteiger partial charge in [0.05, 0.1) is 5.92 Å². The summed E-state index contributed by atoms with van der Waals surface area (Å²) >= 11 is 0. The van der Waals surface area contributed by atoms with Crippen molar-refractivity contribution in [1.82, 2.24) is 0 Å². The molecule has 1 aliphatic carbocycles. The molecule has 12 heavy (non-hydrogen) atoms. The molecule has 1 N–H and O–H groups in total. The fraction of sp³-hybridized carbons (Fsp3) is 0.900. The number of carboxylic acids is 1. The van der Waals surface area contributed by atoms with Gasteiger partial charge in [0.25, 0.3) is 0 Å². The predicted molar refractivity (Wildman–Crippen MR) is 48.0 cm³/mol. The molecule has 2 nitrogen and oxygen atoms in total. The SMILES string of the molecule is CCC(C(=O)O)C1(CC)CCC1. The van der Waals surface area contributed by atoms with Crippen LogP contribution in [0.5, 0.6) is 0 Å². The molecule has 0 amide bonds. The molecule has 1 saturated carbocycles. The van der Waals surface area contributed by atoms with Crippen molar-refractivity contribution in [2.75, 3.05) is 0 Å². The maximum Gasteiger partial charge on any atom is 0.307 e. The largest absolute Gasteiger partial charge is 0.481 e. The monoisotopic (exact) mass is 170 g/mol. The molecule has 0 spiro atoms. The lowest BCUT2D eigenvalue weighted by Crippen LogP contribution is -2.40. The van der Waals surface area contributed by atoms with Crippen molar-refractivity contribution < 1.29 is 9.90 Å². The zero-order valence-electron chi connectivity index (χ0n) is 7.97. The van der Waals surface area contributed by atoms with E-state index in [4.69, 9.17) is 5.11 Å². The molecule has 0 aromatic carbocycles. The Morgan fingerprint density at radius 3 is 2.17 bits per heavy atom. The lowest BCUT2D eigenvalue weighted by molar-refractivity contribution is -0.150. The summed E-state index contributed by atoms with van der Waals surface area (Å²) in [6.07, 6.45) is 5.27. The van der Waals surface area contributed by atoms with Gasteiger partial charge >= 0.3 is 5.97 Å². The second-order valence-corrected chi connectivity index (χ2v) is 3.87. The lowest BCUT2D eigenvalue weighted by atomic mass is 9.59. The van der Waals surface area contributed by atoms with E-state index in [2.05, 4.69) is 6.92 Å². The molecule has 1 fully saturated rings. The Balaban J connectivity index is 2.68. The first-order chi connectivity index (χ1) is 5.66. The van der Waals surface area contributed by atoms with Crippen molar-refractivity contribution in [3.05, 3.63) is 0 Å². The summed E-state index contributed by atoms with van der Waals surface area (Å²) < 4.78 is 0. The first kappa shape index (κ1) is 9.56. The summed E-state index contributed by atoms with van der Waals surface area (Å²) in [7, 11) is 0. The van der Waals surface area contributed by atoms with Gasteiger partial charge < -0.3 is 5.11 Å². The standard InChI is InChI=1S/C10H18O2/c1-3-8(9(11)12)10(4-2)6-5-7-10/h8H,3-7H2,1-2H3,(H,11,12). The highest BCUT2D eigenvalue weighted by molar-refractivity contribution is 5.71. The van der Waals surface area contributed by atoms with Gasteiger partial charge in [-0.25, -0.2) is 0 Å². The van der Waals surface area contributed by atoms with Crippen LogP contribution in [0.4, 0.5) is 0 Å². The van der Waals surface area contributed by atoms with Crippen LogP contribution >= 0.6 is 0 Å². The summed E-state index contributed by atoms with van der Waals surface area (Å²) in [5, 5.41) is 9.00. The van der Waals surface area contributed by atoms with E-state index >= 15 is 0 Å². The molecule has 0 aromatic heterocycles. The zero-order valence-corrected chi connectivity index (χ0v) is 7.97. The molecule has 0 bridgehead atoms. The van der Waals surface area contributed by atoms with Gasteiger partial charge in [-0.3, -0.25) is 4.79 Å². The highest BCUT2D eigenvalue weighted by Crippen LogP contribution is 2.50.